The Labute approximate surface area is 107 Å². The lowest BCUT2D eigenvalue weighted by Gasteiger charge is -2.16. The summed E-state index contributed by atoms with van der Waals surface area (Å²) in [6, 6.07) is 0. The van der Waals surface area contributed by atoms with Gasteiger partial charge in [0.05, 0.1) is 5.39 Å². The fourth-order valence-electron chi connectivity index (χ4n) is 2.44. The normalized spacial score (nSPS) is 14.7. The largest absolute Gasteiger partial charge is 0.477 e. The first-order valence-corrected chi connectivity index (χ1v) is 6.67. The summed E-state index contributed by atoms with van der Waals surface area (Å²) < 4.78 is 1.69. The van der Waals surface area contributed by atoms with Crippen LogP contribution in [0.5, 0.6) is 0 Å². The Morgan fingerprint density at radius 2 is 2.22 bits per heavy atom. The number of nitrogens with zero attached hydrogens (tertiary/aromatic N) is 2. The molecule has 6 heteroatoms. The van der Waals surface area contributed by atoms with E-state index in [-0.39, 0.29) is 10.4 Å². The van der Waals surface area contributed by atoms with Crippen LogP contribution in [0.2, 0.25) is 0 Å². The number of hydrogen-bond acceptors (Lipinski definition) is 4. The molecule has 2 aromatic heterocycles. The molecule has 0 saturated heterocycles. The molecule has 3 heterocycles. The van der Waals surface area contributed by atoms with Gasteiger partial charge >= 0.3 is 5.97 Å². The summed E-state index contributed by atoms with van der Waals surface area (Å²) in [5.74, 6) is -0.199. The van der Waals surface area contributed by atoms with E-state index in [1.54, 1.807) is 11.5 Å². The third-order valence-corrected chi connectivity index (χ3v) is 4.53. The van der Waals surface area contributed by atoms with Gasteiger partial charge in [-0.2, -0.15) is 0 Å². The lowest BCUT2D eigenvalue weighted by atomic mass is 10.1. The molecule has 2 aromatic rings. The van der Waals surface area contributed by atoms with E-state index >= 15 is 0 Å². The zero-order valence-electron chi connectivity index (χ0n) is 9.89. The molecule has 0 unspecified atom stereocenters. The number of aromatic nitrogens is 2. The van der Waals surface area contributed by atoms with Crippen LogP contribution in [-0.4, -0.2) is 20.6 Å². The van der Waals surface area contributed by atoms with Crippen molar-refractivity contribution in [3.8, 4) is 0 Å². The summed E-state index contributed by atoms with van der Waals surface area (Å²) in [6.45, 7) is 2.37. The van der Waals surface area contributed by atoms with Crippen LogP contribution in [-0.2, 0) is 13.0 Å². The zero-order chi connectivity index (χ0) is 12.9. The fraction of sp³-hybridized carbons (Fsp3) is 0.417. The maximum atomic E-state index is 12.4. The number of carbonyl (C=O) groups is 1. The van der Waals surface area contributed by atoms with Crippen LogP contribution in [0.4, 0.5) is 0 Å². The van der Waals surface area contributed by atoms with Gasteiger partial charge in [0.15, 0.2) is 0 Å². The van der Waals surface area contributed by atoms with Crippen LogP contribution < -0.4 is 5.56 Å². The van der Waals surface area contributed by atoms with Crippen molar-refractivity contribution < 1.29 is 9.90 Å². The monoisotopic (exact) mass is 264 g/mol. The Morgan fingerprint density at radius 3 is 2.94 bits per heavy atom. The Morgan fingerprint density at radius 1 is 1.44 bits per heavy atom. The van der Waals surface area contributed by atoms with E-state index < -0.39 is 5.97 Å². The Balaban J connectivity index is 2.40. The zero-order valence-corrected chi connectivity index (χ0v) is 10.7. The second-order valence-electron chi connectivity index (χ2n) is 4.48. The molecule has 0 amide bonds. The van der Waals surface area contributed by atoms with E-state index in [1.807, 2.05) is 0 Å². The first-order chi connectivity index (χ1) is 8.59. The van der Waals surface area contributed by atoms with Gasteiger partial charge in [-0.3, -0.25) is 9.36 Å². The molecule has 0 spiro atoms. The molecule has 18 heavy (non-hydrogen) atoms. The molecule has 3 rings (SSSR count). The standard InChI is InChI=1S/C12H12N2O3S/c1-6-8-10(18-9(6)12(16)17)13-7-4-2-3-5-14(7)11(8)15/h2-5H2,1H3,(H,16,17). The van der Waals surface area contributed by atoms with Crippen molar-refractivity contribution in [1.29, 1.82) is 0 Å². The summed E-state index contributed by atoms with van der Waals surface area (Å²) in [5.41, 5.74) is 0.455. The number of rotatable bonds is 1. The lowest BCUT2D eigenvalue weighted by Crippen LogP contribution is -2.28. The van der Waals surface area contributed by atoms with E-state index in [1.165, 1.54) is 0 Å². The number of fused-ring (bicyclic) bond motifs is 2. The maximum Gasteiger partial charge on any atom is 0.346 e. The van der Waals surface area contributed by atoms with Gasteiger partial charge in [-0.15, -0.1) is 11.3 Å². The lowest BCUT2D eigenvalue weighted by molar-refractivity contribution is 0.0701. The third-order valence-electron chi connectivity index (χ3n) is 3.36. The van der Waals surface area contributed by atoms with Gasteiger partial charge in [-0.1, -0.05) is 0 Å². The molecule has 94 valence electrons. The van der Waals surface area contributed by atoms with Crippen molar-refractivity contribution >= 4 is 27.5 Å². The number of carboxylic acids is 1. The molecular weight excluding hydrogens is 252 g/mol. The highest BCUT2D eigenvalue weighted by molar-refractivity contribution is 7.20. The molecule has 0 radical (unpaired) electrons. The number of hydrogen-bond donors (Lipinski definition) is 1. The van der Waals surface area contributed by atoms with Crippen molar-refractivity contribution in [3.05, 3.63) is 26.6 Å². The summed E-state index contributed by atoms with van der Waals surface area (Å²) >= 11 is 1.09. The summed E-state index contributed by atoms with van der Waals surface area (Å²) in [6.07, 6.45) is 2.81. The molecule has 1 aliphatic rings. The second-order valence-corrected chi connectivity index (χ2v) is 5.48. The first-order valence-electron chi connectivity index (χ1n) is 5.85. The van der Waals surface area contributed by atoms with E-state index in [9.17, 15) is 9.59 Å². The van der Waals surface area contributed by atoms with Gasteiger partial charge in [0.2, 0.25) is 0 Å². The van der Waals surface area contributed by atoms with E-state index in [0.29, 0.717) is 22.3 Å². The minimum absolute atomic E-state index is 0.0871. The van der Waals surface area contributed by atoms with Crippen molar-refractivity contribution in [2.75, 3.05) is 0 Å². The second kappa shape index (κ2) is 3.91. The van der Waals surface area contributed by atoms with Gasteiger partial charge in [-0.05, 0) is 25.3 Å². The smallest absolute Gasteiger partial charge is 0.346 e. The molecule has 0 aromatic carbocycles. The van der Waals surface area contributed by atoms with Gasteiger partial charge in [0.1, 0.15) is 15.5 Å². The average Bonchev–Trinajstić information content (AvgIpc) is 2.67. The molecule has 1 N–H and O–H groups in total. The molecule has 0 bridgehead atoms. The number of carboxylic acid groups (broad SMARTS) is 1. The van der Waals surface area contributed by atoms with Gasteiger partial charge in [0.25, 0.3) is 5.56 Å². The Kier molecular flexibility index (Phi) is 2.48. The highest BCUT2D eigenvalue weighted by Gasteiger charge is 2.21. The topological polar surface area (TPSA) is 72.2 Å². The number of aryl methyl sites for hydroxylation is 2. The molecular formula is C12H12N2O3S. The van der Waals surface area contributed by atoms with Gasteiger partial charge in [0, 0.05) is 13.0 Å². The fourth-order valence-corrected chi connectivity index (χ4v) is 3.47. The minimum Gasteiger partial charge on any atom is -0.477 e. The molecule has 5 nitrogen and oxygen atoms in total. The first kappa shape index (κ1) is 11.4. The van der Waals surface area contributed by atoms with E-state index in [4.69, 9.17) is 5.11 Å². The summed E-state index contributed by atoms with van der Waals surface area (Å²) in [7, 11) is 0. The van der Waals surface area contributed by atoms with Gasteiger partial charge in [-0.25, -0.2) is 9.78 Å². The third kappa shape index (κ3) is 1.49. The van der Waals surface area contributed by atoms with Gasteiger partial charge < -0.3 is 5.11 Å². The SMILES string of the molecule is Cc1c(C(=O)O)sc2nc3n(c(=O)c12)CCCC3. The Bertz CT molecular complexity index is 714. The van der Waals surface area contributed by atoms with Crippen molar-refractivity contribution in [1.82, 2.24) is 9.55 Å². The van der Waals surface area contributed by atoms with Crippen LogP contribution >= 0.6 is 11.3 Å². The maximum absolute atomic E-state index is 12.4. The van der Waals surface area contributed by atoms with Crippen molar-refractivity contribution in [2.24, 2.45) is 0 Å². The predicted molar refractivity (Wildman–Crippen MR) is 68.5 cm³/mol. The average molecular weight is 264 g/mol. The molecule has 0 atom stereocenters. The minimum atomic E-state index is -0.988. The summed E-state index contributed by atoms with van der Waals surface area (Å²) in [4.78, 5) is 28.7. The quantitative estimate of drug-likeness (QED) is 0.852. The van der Waals surface area contributed by atoms with Crippen LogP contribution in [0, 0.1) is 6.92 Å². The predicted octanol–water partition coefficient (Wildman–Crippen LogP) is 1.80. The molecule has 0 aliphatic carbocycles. The van der Waals surface area contributed by atoms with Crippen LogP contribution in [0.3, 0.4) is 0 Å². The number of thiophene rings is 1. The molecule has 0 saturated carbocycles. The Hall–Kier alpha value is -1.69. The highest BCUT2D eigenvalue weighted by Crippen LogP contribution is 2.28. The van der Waals surface area contributed by atoms with Crippen molar-refractivity contribution in [2.45, 2.75) is 32.7 Å². The molecule has 1 aliphatic heterocycles. The summed E-state index contributed by atoms with van der Waals surface area (Å²) in [5, 5.41) is 9.57. The molecule has 0 fully saturated rings. The van der Waals surface area contributed by atoms with E-state index in [0.717, 1.165) is 36.4 Å². The van der Waals surface area contributed by atoms with E-state index in [2.05, 4.69) is 4.98 Å². The van der Waals surface area contributed by atoms with Crippen LogP contribution in [0.1, 0.15) is 33.9 Å². The van der Waals surface area contributed by atoms with Crippen LogP contribution in [0.25, 0.3) is 10.2 Å². The van der Waals surface area contributed by atoms with Crippen molar-refractivity contribution in [3.63, 3.8) is 0 Å². The van der Waals surface area contributed by atoms with Crippen LogP contribution in [0.15, 0.2) is 4.79 Å². The number of aromatic carboxylic acids is 1. The highest BCUT2D eigenvalue weighted by atomic mass is 32.1.